The Balaban J connectivity index is 2.31. The zero-order chi connectivity index (χ0) is 12.8. The summed E-state index contributed by atoms with van der Waals surface area (Å²) in [5, 5.41) is 2.88. The molecule has 0 aliphatic carbocycles. The highest BCUT2D eigenvalue weighted by Gasteiger charge is 2.24. The van der Waals surface area contributed by atoms with Crippen LogP contribution in [0, 0.1) is 0 Å². The van der Waals surface area contributed by atoms with Gasteiger partial charge >= 0.3 is 0 Å². The first-order valence-electron chi connectivity index (χ1n) is 5.87. The third kappa shape index (κ3) is 4.32. The molecule has 1 fully saturated rings. The average Bonchev–Trinajstić information content (AvgIpc) is 2.30. The second-order valence-electron chi connectivity index (χ2n) is 4.39. The predicted octanol–water partition coefficient (Wildman–Crippen LogP) is -0.913. The van der Waals surface area contributed by atoms with Crippen LogP contribution in [0.1, 0.15) is 19.8 Å². The fraction of sp³-hybridized carbons (Fsp3) is 0.818. The second-order valence-corrected chi connectivity index (χ2v) is 4.39. The molecule has 1 aliphatic rings. The first-order chi connectivity index (χ1) is 8.04. The minimum absolute atomic E-state index is 0.00414. The van der Waals surface area contributed by atoms with Crippen LogP contribution >= 0.6 is 0 Å². The van der Waals surface area contributed by atoms with Gasteiger partial charge < -0.3 is 20.7 Å². The molecule has 0 spiro atoms. The molecule has 2 amide bonds. The number of piperidine rings is 1. The van der Waals surface area contributed by atoms with Crippen LogP contribution in [0.25, 0.3) is 0 Å². The van der Waals surface area contributed by atoms with Gasteiger partial charge in [-0.2, -0.15) is 0 Å². The number of hydrogen-bond donors (Lipinski definition) is 2. The average molecular weight is 243 g/mol. The number of nitrogens with one attached hydrogen (secondary N) is 1. The summed E-state index contributed by atoms with van der Waals surface area (Å²) < 4.78 is 4.80. The number of ether oxygens (including phenoxy) is 1. The molecule has 0 radical (unpaired) electrons. The topological polar surface area (TPSA) is 84.7 Å². The van der Waals surface area contributed by atoms with E-state index < -0.39 is 6.04 Å². The Labute approximate surface area is 101 Å². The van der Waals surface area contributed by atoms with Crippen molar-refractivity contribution in [2.24, 2.45) is 5.73 Å². The maximum atomic E-state index is 11.5. The van der Waals surface area contributed by atoms with Gasteiger partial charge in [0.25, 0.3) is 0 Å². The lowest BCUT2D eigenvalue weighted by atomic mass is 10.0. The monoisotopic (exact) mass is 243 g/mol. The van der Waals surface area contributed by atoms with Crippen LogP contribution in [0.3, 0.4) is 0 Å². The van der Waals surface area contributed by atoms with Crippen LogP contribution in [-0.2, 0) is 14.3 Å². The van der Waals surface area contributed by atoms with Crippen molar-refractivity contribution in [2.75, 3.05) is 26.8 Å². The second kappa shape index (κ2) is 6.56. The van der Waals surface area contributed by atoms with E-state index in [0.29, 0.717) is 13.1 Å². The van der Waals surface area contributed by atoms with Crippen LogP contribution in [-0.4, -0.2) is 55.6 Å². The van der Waals surface area contributed by atoms with Crippen molar-refractivity contribution >= 4 is 11.8 Å². The number of hydrogen-bond acceptors (Lipinski definition) is 4. The lowest BCUT2D eigenvalue weighted by molar-refractivity contribution is -0.136. The molecular weight excluding hydrogens is 222 g/mol. The molecule has 6 nitrogen and oxygen atoms in total. The first kappa shape index (κ1) is 13.9. The van der Waals surface area contributed by atoms with Crippen molar-refractivity contribution in [3.05, 3.63) is 0 Å². The third-order valence-electron chi connectivity index (χ3n) is 2.88. The maximum absolute atomic E-state index is 11.5. The number of likely N-dealkylation sites (tertiary alicyclic amines) is 1. The molecule has 17 heavy (non-hydrogen) atoms. The summed E-state index contributed by atoms with van der Waals surface area (Å²) in [7, 11) is 1.51. The molecule has 0 aromatic heterocycles. The Bertz CT molecular complexity index is 273. The van der Waals surface area contributed by atoms with E-state index in [1.807, 2.05) is 0 Å². The molecule has 1 rings (SSSR count). The molecule has 0 bridgehead atoms. The summed E-state index contributed by atoms with van der Waals surface area (Å²) >= 11 is 0. The van der Waals surface area contributed by atoms with Crippen LogP contribution in [0.5, 0.6) is 0 Å². The molecule has 0 aromatic carbocycles. The predicted molar refractivity (Wildman–Crippen MR) is 63.3 cm³/mol. The third-order valence-corrected chi connectivity index (χ3v) is 2.88. The van der Waals surface area contributed by atoms with Crippen LogP contribution in [0.15, 0.2) is 0 Å². The van der Waals surface area contributed by atoms with Gasteiger partial charge in [0.05, 0.1) is 6.04 Å². The van der Waals surface area contributed by atoms with E-state index in [9.17, 15) is 9.59 Å². The zero-order valence-electron chi connectivity index (χ0n) is 10.4. The lowest BCUT2D eigenvalue weighted by Crippen LogP contribution is -2.50. The van der Waals surface area contributed by atoms with Gasteiger partial charge in [-0.1, -0.05) is 0 Å². The van der Waals surface area contributed by atoms with Gasteiger partial charge in [-0.05, 0) is 19.8 Å². The SMILES string of the molecule is COCC(=O)N1CCC(NC(=O)[C@@H](C)N)CC1. The molecule has 0 saturated carbocycles. The number of methoxy groups -OCH3 is 1. The molecule has 0 unspecified atom stereocenters. The Morgan fingerprint density at radius 2 is 2.06 bits per heavy atom. The van der Waals surface area contributed by atoms with Crippen molar-refractivity contribution in [1.82, 2.24) is 10.2 Å². The zero-order valence-corrected chi connectivity index (χ0v) is 10.4. The summed E-state index contributed by atoms with van der Waals surface area (Å²) in [6, 6.07) is -0.358. The van der Waals surface area contributed by atoms with Crippen LogP contribution < -0.4 is 11.1 Å². The molecular formula is C11H21N3O3. The van der Waals surface area contributed by atoms with Gasteiger partial charge in [-0.3, -0.25) is 9.59 Å². The Morgan fingerprint density at radius 3 is 2.53 bits per heavy atom. The van der Waals surface area contributed by atoms with Gasteiger partial charge in [-0.25, -0.2) is 0 Å². The number of carbonyl (C=O) groups excluding carboxylic acids is 2. The van der Waals surface area contributed by atoms with Crippen molar-refractivity contribution in [3.8, 4) is 0 Å². The smallest absolute Gasteiger partial charge is 0.248 e. The highest BCUT2D eigenvalue weighted by Crippen LogP contribution is 2.10. The number of nitrogens with two attached hydrogens (primary N) is 1. The number of amides is 2. The largest absolute Gasteiger partial charge is 0.375 e. The van der Waals surface area contributed by atoms with Crippen molar-refractivity contribution in [3.63, 3.8) is 0 Å². The highest BCUT2D eigenvalue weighted by molar-refractivity contribution is 5.81. The highest BCUT2D eigenvalue weighted by atomic mass is 16.5. The molecule has 1 aliphatic heterocycles. The van der Waals surface area contributed by atoms with Crippen LogP contribution in [0.4, 0.5) is 0 Å². The molecule has 6 heteroatoms. The fourth-order valence-corrected chi connectivity index (χ4v) is 1.82. The number of rotatable bonds is 4. The Kier molecular flexibility index (Phi) is 5.37. The molecule has 98 valence electrons. The standard InChI is InChI=1S/C11H21N3O3/c1-8(12)11(16)13-9-3-5-14(6-4-9)10(15)7-17-2/h8-9H,3-7,12H2,1-2H3,(H,13,16)/t8-/m1/s1. The summed E-state index contributed by atoms with van der Waals surface area (Å²) in [4.78, 5) is 24.7. The van der Waals surface area contributed by atoms with Gasteiger partial charge in [0.2, 0.25) is 11.8 Å². The molecule has 1 atom stereocenters. The summed E-state index contributed by atoms with van der Waals surface area (Å²) in [6.45, 7) is 3.10. The molecule has 1 saturated heterocycles. The molecule has 1 heterocycles. The summed E-state index contributed by atoms with van der Waals surface area (Å²) in [5.41, 5.74) is 5.48. The lowest BCUT2D eigenvalue weighted by Gasteiger charge is -2.32. The van der Waals surface area contributed by atoms with Crippen molar-refractivity contribution in [2.45, 2.75) is 31.8 Å². The van der Waals surface area contributed by atoms with Crippen LogP contribution in [0.2, 0.25) is 0 Å². The first-order valence-corrected chi connectivity index (χ1v) is 5.87. The Morgan fingerprint density at radius 1 is 1.47 bits per heavy atom. The van der Waals surface area contributed by atoms with E-state index >= 15 is 0 Å². The minimum atomic E-state index is -0.483. The van der Waals surface area contributed by atoms with Gasteiger partial charge in [-0.15, -0.1) is 0 Å². The number of nitrogens with zero attached hydrogens (tertiary/aromatic N) is 1. The number of carbonyl (C=O) groups is 2. The van der Waals surface area contributed by atoms with Crippen molar-refractivity contribution in [1.29, 1.82) is 0 Å². The van der Waals surface area contributed by atoms with E-state index in [2.05, 4.69) is 5.32 Å². The normalized spacial score (nSPS) is 18.9. The van der Waals surface area contributed by atoms with E-state index in [1.165, 1.54) is 7.11 Å². The molecule has 3 N–H and O–H groups in total. The summed E-state index contributed by atoms with van der Waals surface area (Å²) in [5.74, 6) is -0.129. The fourth-order valence-electron chi connectivity index (χ4n) is 1.82. The van der Waals surface area contributed by atoms with E-state index in [4.69, 9.17) is 10.5 Å². The quantitative estimate of drug-likeness (QED) is 0.669. The van der Waals surface area contributed by atoms with Crippen molar-refractivity contribution < 1.29 is 14.3 Å². The Hall–Kier alpha value is -1.14. The van der Waals surface area contributed by atoms with Gasteiger partial charge in [0, 0.05) is 26.2 Å². The summed E-state index contributed by atoms with van der Waals surface area (Å²) in [6.07, 6.45) is 1.54. The van der Waals surface area contributed by atoms with Gasteiger partial charge in [0.1, 0.15) is 6.61 Å². The molecule has 0 aromatic rings. The maximum Gasteiger partial charge on any atom is 0.248 e. The minimum Gasteiger partial charge on any atom is -0.375 e. The van der Waals surface area contributed by atoms with Gasteiger partial charge in [0.15, 0.2) is 0 Å². The van der Waals surface area contributed by atoms with E-state index in [-0.39, 0.29) is 24.5 Å². The van der Waals surface area contributed by atoms with E-state index in [1.54, 1.807) is 11.8 Å². The van der Waals surface area contributed by atoms with E-state index in [0.717, 1.165) is 12.8 Å².